The topological polar surface area (TPSA) is 89.8 Å². The predicted molar refractivity (Wildman–Crippen MR) is 54.2 cm³/mol. The van der Waals surface area contributed by atoms with E-state index in [0.717, 1.165) is 4.90 Å². The SMILES string of the molecule is CC1(C)CC(=O)N(c2[nH]ncc2C#N)C1=O. The van der Waals surface area contributed by atoms with Gasteiger partial charge in [-0.2, -0.15) is 10.4 Å². The van der Waals surface area contributed by atoms with Gasteiger partial charge in [-0.05, 0) is 0 Å². The van der Waals surface area contributed by atoms with Gasteiger partial charge in [-0.25, -0.2) is 4.90 Å². The number of imide groups is 1. The number of nitrogens with zero attached hydrogens (tertiary/aromatic N) is 3. The Hall–Kier alpha value is -2.16. The molecule has 0 saturated carbocycles. The van der Waals surface area contributed by atoms with Crippen LogP contribution < -0.4 is 4.90 Å². The van der Waals surface area contributed by atoms with Crippen LogP contribution in [0, 0.1) is 16.7 Å². The van der Waals surface area contributed by atoms with Crippen molar-refractivity contribution >= 4 is 17.6 Å². The molecule has 1 N–H and O–H groups in total. The van der Waals surface area contributed by atoms with E-state index in [0.29, 0.717) is 0 Å². The molecular formula is C10H10N4O2. The normalized spacial score (nSPS) is 18.9. The molecule has 82 valence electrons. The number of carbonyl (C=O) groups is 2. The number of carbonyl (C=O) groups excluding carboxylic acids is 2. The first kappa shape index (κ1) is 10.4. The molecule has 0 aliphatic carbocycles. The van der Waals surface area contributed by atoms with Crippen molar-refractivity contribution in [2.45, 2.75) is 20.3 Å². The largest absolute Gasteiger partial charge is 0.274 e. The summed E-state index contributed by atoms with van der Waals surface area (Å²) in [6.45, 7) is 3.41. The molecule has 2 heterocycles. The van der Waals surface area contributed by atoms with Gasteiger partial charge in [0.05, 0.1) is 11.6 Å². The summed E-state index contributed by atoms with van der Waals surface area (Å²) in [6, 6.07) is 1.88. The number of amides is 2. The first-order valence-corrected chi connectivity index (χ1v) is 4.78. The fourth-order valence-corrected chi connectivity index (χ4v) is 1.71. The molecule has 16 heavy (non-hydrogen) atoms. The van der Waals surface area contributed by atoms with Crippen LogP contribution >= 0.6 is 0 Å². The van der Waals surface area contributed by atoms with Gasteiger partial charge >= 0.3 is 0 Å². The maximum atomic E-state index is 12.0. The number of aromatic nitrogens is 2. The standard InChI is InChI=1S/C10H10N4O2/c1-10(2)3-7(15)14(9(10)16)8-6(4-11)5-12-13-8/h5H,3H2,1-2H3,(H,12,13). The van der Waals surface area contributed by atoms with Gasteiger partial charge in [0.1, 0.15) is 11.6 Å². The second kappa shape index (κ2) is 3.17. The fraction of sp³-hybridized carbons (Fsp3) is 0.400. The molecule has 2 amide bonds. The van der Waals surface area contributed by atoms with E-state index in [4.69, 9.17) is 5.26 Å². The molecule has 1 aromatic heterocycles. The minimum atomic E-state index is -0.713. The van der Waals surface area contributed by atoms with Gasteiger partial charge in [0.15, 0.2) is 5.82 Å². The molecule has 2 rings (SSSR count). The van der Waals surface area contributed by atoms with Gasteiger partial charge < -0.3 is 0 Å². The Bertz CT molecular complexity index is 509. The Balaban J connectivity index is 2.48. The van der Waals surface area contributed by atoms with Crippen LogP contribution in [0.15, 0.2) is 6.20 Å². The molecule has 0 atom stereocenters. The van der Waals surface area contributed by atoms with E-state index in [1.165, 1.54) is 6.20 Å². The molecule has 6 nitrogen and oxygen atoms in total. The number of anilines is 1. The summed E-state index contributed by atoms with van der Waals surface area (Å²) in [5.74, 6) is -0.447. The van der Waals surface area contributed by atoms with Crippen molar-refractivity contribution in [1.82, 2.24) is 10.2 Å². The summed E-state index contributed by atoms with van der Waals surface area (Å²) in [5, 5.41) is 15.0. The van der Waals surface area contributed by atoms with E-state index in [1.54, 1.807) is 13.8 Å². The van der Waals surface area contributed by atoms with Crippen molar-refractivity contribution in [2.24, 2.45) is 5.41 Å². The van der Waals surface area contributed by atoms with Crippen LogP contribution in [0.2, 0.25) is 0 Å². The van der Waals surface area contributed by atoms with Crippen LogP contribution in [0.25, 0.3) is 0 Å². The molecule has 1 aliphatic rings. The van der Waals surface area contributed by atoms with E-state index >= 15 is 0 Å². The first-order valence-electron chi connectivity index (χ1n) is 4.78. The molecule has 6 heteroatoms. The Morgan fingerprint density at radius 2 is 2.25 bits per heavy atom. The van der Waals surface area contributed by atoms with Crippen molar-refractivity contribution < 1.29 is 9.59 Å². The molecule has 1 aromatic rings. The summed E-state index contributed by atoms with van der Waals surface area (Å²) in [5.41, 5.74) is -0.519. The smallest absolute Gasteiger partial charge is 0.241 e. The average molecular weight is 218 g/mol. The first-order chi connectivity index (χ1) is 7.47. The Labute approximate surface area is 91.9 Å². The zero-order valence-electron chi connectivity index (χ0n) is 8.94. The lowest BCUT2D eigenvalue weighted by Crippen LogP contribution is -2.33. The molecule has 1 fully saturated rings. The second-order valence-corrected chi connectivity index (χ2v) is 4.34. The van der Waals surface area contributed by atoms with Crippen molar-refractivity contribution in [1.29, 1.82) is 5.26 Å². The lowest BCUT2D eigenvalue weighted by Gasteiger charge is -2.15. The van der Waals surface area contributed by atoms with Crippen LogP contribution in [-0.2, 0) is 9.59 Å². The second-order valence-electron chi connectivity index (χ2n) is 4.34. The van der Waals surface area contributed by atoms with Gasteiger partial charge in [-0.15, -0.1) is 0 Å². The lowest BCUT2D eigenvalue weighted by atomic mass is 9.92. The van der Waals surface area contributed by atoms with Crippen molar-refractivity contribution in [3.8, 4) is 6.07 Å². The highest BCUT2D eigenvalue weighted by Crippen LogP contribution is 2.35. The molecule has 0 bridgehead atoms. The maximum Gasteiger partial charge on any atom is 0.241 e. The van der Waals surface area contributed by atoms with E-state index in [2.05, 4.69) is 10.2 Å². The minimum Gasteiger partial charge on any atom is -0.274 e. The summed E-state index contributed by atoms with van der Waals surface area (Å²) in [4.78, 5) is 24.7. The molecular weight excluding hydrogens is 208 g/mol. The van der Waals surface area contributed by atoms with Crippen LogP contribution in [-0.4, -0.2) is 22.0 Å². The summed E-state index contributed by atoms with van der Waals surface area (Å²) in [7, 11) is 0. The van der Waals surface area contributed by atoms with Gasteiger partial charge in [0.25, 0.3) is 0 Å². The van der Waals surface area contributed by atoms with E-state index < -0.39 is 5.41 Å². The summed E-state index contributed by atoms with van der Waals surface area (Å²) >= 11 is 0. The fourth-order valence-electron chi connectivity index (χ4n) is 1.71. The van der Waals surface area contributed by atoms with Crippen molar-refractivity contribution in [2.75, 3.05) is 4.90 Å². The van der Waals surface area contributed by atoms with E-state index in [1.807, 2.05) is 6.07 Å². The number of nitrogens with one attached hydrogen (secondary N) is 1. The van der Waals surface area contributed by atoms with Gasteiger partial charge in [0.2, 0.25) is 11.8 Å². The third-order valence-corrected chi connectivity index (χ3v) is 2.59. The molecule has 1 aliphatic heterocycles. The highest BCUT2D eigenvalue weighted by atomic mass is 16.2. The van der Waals surface area contributed by atoms with Crippen LogP contribution in [0.3, 0.4) is 0 Å². The van der Waals surface area contributed by atoms with Gasteiger partial charge in [-0.1, -0.05) is 13.8 Å². The Kier molecular flexibility index (Phi) is 2.05. The van der Waals surface area contributed by atoms with E-state index in [-0.39, 0.29) is 29.6 Å². The predicted octanol–water partition coefficient (Wildman–Crippen LogP) is 0.571. The third-order valence-electron chi connectivity index (χ3n) is 2.59. The lowest BCUT2D eigenvalue weighted by molar-refractivity contribution is -0.124. The van der Waals surface area contributed by atoms with Crippen LogP contribution in [0.1, 0.15) is 25.8 Å². The number of hydrogen-bond donors (Lipinski definition) is 1. The third kappa shape index (κ3) is 1.29. The summed E-state index contributed by atoms with van der Waals surface area (Å²) in [6.07, 6.45) is 1.44. The highest BCUT2D eigenvalue weighted by molar-refractivity contribution is 6.22. The zero-order chi connectivity index (χ0) is 11.9. The molecule has 0 unspecified atom stereocenters. The number of hydrogen-bond acceptors (Lipinski definition) is 4. The maximum absolute atomic E-state index is 12.0. The number of nitriles is 1. The average Bonchev–Trinajstić information content (AvgIpc) is 2.71. The quantitative estimate of drug-likeness (QED) is 0.698. The van der Waals surface area contributed by atoms with Crippen molar-refractivity contribution in [3.05, 3.63) is 11.8 Å². The monoisotopic (exact) mass is 218 g/mol. The highest BCUT2D eigenvalue weighted by Gasteiger charge is 2.46. The molecule has 0 radical (unpaired) electrons. The van der Waals surface area contributed by atoms with Crippen LogP contribution in [0.5, 0.6) is 0 Å². The van der Waals surface area contributed by atoms with Crippen molar-refractivity contribution in [3.63, 3.8) is 0 Å². The molecule has 1 saturated heterocycles. The Morgan fingerprint density at radius 1 is 1.56 bits per heavy atom. The number of H-pyrrole nitrogens is 1. The zero-order valence-corrected chi connectivity index (χ0v) is 8.94. The van der Waals surface area contributed by atoms with Gasteiger partial charge in [0, 0.05) is 6.42 Å². The van der Waals surface area contributed by atoms with Gasteiger partial charge in [-0.3, -0.25) is 14.7 Å². The number of aromatic amines is 1. The summed E-state index contributed by atoms with van der Waals surface area (Å²) < 4.78 is 0. The van der Waals surface area contributed by atoms with E-state index in [9.17, 15) is 9.59 Å². The number of rotatable bonds is 1. The Morgan fingerprint density at radius 3 is 2.75 bits per heavy atom. The van der Waals surface area contributed by atoms with Crippen LogP contribution in [0.4, 0.5) is 5.82 Å². The molecule has 0 spiro atoms. The molecule has 0 aromatic carbocycles. The minimum absolute atomic E-state index is 0.149.